The molecule has 3 aliphatic carbocycles. The Morgan fingerprint density at radius 1 is 0.955 bits per heavy atom. The van der Waals surface area contributed by atoms with Gasteiger partial charge in [0, 0.05) is 0 Å². The molecule has 5 rings (SSSR count). The van der Waals surface area contributed by atoms with Crippen molar-refractivity contribution in [1.29, 1.82) is 0 Å². The van der Waals surface area contributed by atoms with Crippen molar-refractivity contribution >= 4 is 5.57 Å². The Kier molecular flexibility index (Phi) is 2.65. The molecule has 3 atom stereocenters. The highest BCUT2D eigenvalue weighted by molar-refractivity contribution is 5.74. The van der Waals surface area contributed by atoms with E-state index in [0.717, 1.165) is 18.3 Å². The average molecular weight is 286 g/mol. The minimum atomic E-state index is 0.574. The van der Waals surface area contributed by atoms with E-state index >= 15 is 0 Å². The van der Waals surface area contributed by atoms with Gasteiger partial charge in [0.25, 0.3) is 0 Å². The lowest BCUT2D eigenvalue weighted by atomic mass is 9.87. The van der Waals surface area contributed by atoms with E-state index in [0.29, 0.717) is 5.41 Å². The largest absolute Gasteiger partial charge is 0.0763 e. The third-order valence-electron chi connectivity index (χ3n) is 6.42. The van der Waals surface area contributed by atoms with Crippen molar-refractivity contribution in [3.05, 3.63) is 77.4 Å². The summed E-state index contributed by atoms with van der Waals surface area (Å²) in [4.78, 5) is 0. The van der Waals surface area contributed by atoms with Gasteiger partial charge in [0.1, 0.15) is 0 Å². The van der Waals surface area contributed by atoms with Crippen LogP contribution in [0, 0.1) is 11.3 Å². The zero-order chi connectivity index (χ0) is 14.6. The molecule has 2 aromatic carbocycles. The first kappa shape index (κ1) is 12.7. The lowest BCUT2D eigenvalue weighted by Crippen LogP contribution is -2.03. The SMILES string of the molecule is C1=C(CC23CCC[C@H]2[C@@H]3c2ccccc2)c2ccccc2C1. The van der Waals surface area contributed by atoms with Gasteiger partial charge >= 0.3 is 0 Å². The van der Waals surface area contributed by atoms with Crippen LogP contribution in [0.25, 0.3) is 5.57 Å². The number of hydrogen-bond acceptors (Lipinski definition) is 0. The molecule has 0 aliphatic heterocycles. The first-order valence-electron chi connectivity index (χ1n) is 8.71. The number of benzene rings is 2. The van der Waals surface area contributed by atoms with Crippen molar-refractivity contribution in [1.82, 2.24) is 0 Å². The fraction of sp³-hybridized carbons (Fsp3) is 0.364. The number of fused-ring (bicyclic) bond motifs is 2. The van der Waals surface area contributed by atoms with Crippen molar-refractivity contribution in [3.63, 3.8) is 0 Å². The van der Waals surface area contributed by atoms with Crippen molar-refractivity contribution < 1.29 is 0 Å². The Labute approximate surface area is 132 Å². The zero-order valence-corrected chi connectivity index (χ0v) is 13.0. The van der Waals surface area contributed by atoms with Crippen LogP contribution in [0.4, 0.5) is 0 Å². The van der Waals surface area contributed by atoms with Gasteiger partial charge in [-0.15, -0.1) is 0 Å². The van der Waals surface area contributed by atoms with Crippen molar-refractivity contribution in [3.8, 4) is 0 Å². The van der Waals surface area contributed by atoms with Crippen LogP contribution in [-0.4, -0.2) is 0 Å². The Hall–Kier alpha value is -1.82. The molecule has 0 nitrogen and oxygen atoms in total. The first-order chi connectivity index (χ1) is 10.9. The van der Waals surface area contributed by atoms with Crippen LogP contribution in [0.5, 0.6) is 0 Å². The molecule has 0 heteroatoms. The van der Waals surface area contributed by atoms with Crippen molar-refractivity contribution in [2.75, 3.05) is 0 Å². The molecule has 2 aromatic rings. The predicted molar refractivity (Wildman–Crippen MR) is 91.7 cm³/mol. The molecule has 3 aliphatic rings. The van der Waals surface area contributed by atoms with E-state index in [-0.39, 0.29) is 0 Å². The van der Waals surface area contributed by atoms with E-state index in [9.17, 15) is 0 Å². The molecule has 0 spiro atoms. The smallest absolute Gasteiger partial charge is 0.00653 e. The van der Waals surface area contributed by atoms with E-state index in [4.69, 9.17) is 0 Å². The van der Waals surface area contributed by atoms with Gasteiger partial charge in [-0.3, -0.25) is 0 Å². The third kappa shape index (κ3) is 1.70. The molecule has 0 bridgehead atoms. The summed E-state index contributed by atoms with van der Waals surface area (Å²) in [5.74, 6) is 1.75. The topological polar surface area (TPSA) is 0 Å². The van der Waals surface area contributed by atoms with Crippen molar-refractivity contribution in [2.24, 2.45) is 11.3 Å². The molecule has 0 aromatic heterocycles. The van der Waals surface area contributed by atoms with Gasteiger partial charge in [0.05, 0.1) is 0 Å². The molecule has 0 heterocycles. The lowest BCUT2D eigenvalue weighted by Gasteiger charge is -2.17. The fourth-order valence-electron chi connectivity index (χ4n) is 5.45. The standard InChI is InChI=1S/C22H22/c1-2-8-17(9-3-1)21-20-11-6-14-22(20,21)15-18-13-12-16-7-4-5-10-19(16)18/h1-5,7-10,13,20-21H,6,11-12,14-15H2/t20-,21-,22?/m0/s1. The number of rotatable bonds is 3. The van der Waals surface area contributed by atoms with Gasteiger partial charge in [-0.1, -0.05) is 67.1 Å². The molecule has 1 unspecified atom stereocenters. The maximum absolute atomic E-state index is 2.50. The van der Waals surface area contributed by atoms with Crippen LogP contribution >= 0.6 is 0 Å². The lowest BCUT2D eigenvalue weighted by molar-refractivity contribution is 0.483. The van der Waals surface area contributed by atoms with E-state index in [1.165, 1.54) is 36.8 Å². The predicted octanol–water partition coefficient (Wildman–Crippen LogP) is 5.60. The second kappa shape index (κ2) is 4.59. The molecule has 0 saturated heterocycles. The minimum absolute atomic E-state index is 0.574. The van der Waals surface area contributed by atoms with Crippen LogP contribution in [0.2, 0.25) is 0 Å². The van der Waals surface area contributed by atoms with E-state index < -0.39 is 0 Å². The third-order valence-corrected chi connectivity index (χ3v) is 6.42. The molecule has 2 saturated carbocycles. The molecule has 0 radical (unpaired) electrons. The summed E-state index contributed by atoms with van der Waals surface area (Å²) in [7, 11) is 0. The van der Waals surface area contributed by atoms with E-state index in [1.54, 1.807) is 11.1 Å². The average Bonchev–Trinajstić information content (AvgIpc) is 2.89. The van der Waals surface area contributed by atoms with Crippen LogP contribution in [0.3, 0.4) is 0 Å². The highest BCUT2D eigenvalue weighted by Crippen LogP contribution is 2.76. The Bertz CT molecular complexity index is 740. The summed E-state index contributed by atoms with van der Waals surface area (Å²) < 4.78 is 0. The highest BCUT2D eigenvalue weighted by Gasteiger charge is 2.66. The van der Waals surface area contributed by atoms with Gasteiger partial charge in [-0.05, 0) is 65.2 Å². The van der Waals surface area contributed by atoms with Crippen LogP contribution in [-0.2, 0) is 6.42 Å². The Morgan fingerprint density at radius 2 is 1.77 bits per heavy atom. The summed E-state index contributed by atoms with van der Waals surface area (Å²) >= 11 is 0. The quantitative estimate of drug-likeness (QED) is 0.689. The van der Waals surface area contributed by atoms with Gasteiger partial charge < -0.3 is 0 Å². The van der Waals surface area contributed by atoms with Gasteiger partial charge in [-0.25, -0.2) is 0 Å². The summed E-state index contributed by atoms with van der Waals surface area (Å²) in [6, 6.07) is 20.3. The summed E-state index contributed by atoms with van der Waals surface area (Å²) in [6.07, 6.45) is 9.24. The van der Waals surface area contributed by atoms with Gasteiger partial charge in [0.15, 0.2) is 0 Å². The molecule has 0 amide bonds. The monoisotopic (exact) mass is 286 g/mol. The fourth-order valence-corrected chi connectivity index (χ4v) is 5.45. The van der Waals surface area contributed by atoms with Crippen LogP contribution in [0.1, 0.15) is 48.3 Å². The normalized spacial score (nSPS) is 31.5. The molecule has 0 N–H and O–H groups in total. The number of allylic oxidation sites excluding steroid dienone is 2. The summed E-state index contributed by atoms with van der Waals surface area (Å²) in [5, 5.41) is 0. The molecule has 2 fully saturated rings. The zero-order valence-electron chi connectivity index (χ0n) is 13.0. The van der Waals surface area contributed by atoms with Crippen molar-refractivity contribution in [2.45, 2.75) is 38.0 Å². The summed E-state index contributed by atoms with van der Waals surface area (Å²) in [6.45, 7) is 0. The van der Waals surface area contributed by atoms with Gasteiger partial charge in [-0.2, -0.15) is 0 Å². The molecular formula is C22H22. The molecular weight excluding hydrogens is 264 g/mol. The maximum atomic E-state index is 2.50. The van der Waals surface area contributed by atoms with Gasteiger partial charge in [0.2, 0.25) is 0 Å². The minimum Gasteiger partial charge on any atom is -0.0763 e. The number of hydrogen-bond donors (Lipinski definition) is 0. The maximum Gasteiger partial charge on any atom is -0.00653 e. The Balaban J connectivity index is 1.46. The Morgan fingerprint density at radius 3 is 2.68 bits per heavy atom. The van der Waals surface area contributed by atoms with Crippen LogP contribution in [0.15, 0.2) is 60.7 Å². The van der Waals surface area contributed by atoms with Crippen LogP contribution < -0.4 is 0 Å². The second-order valence-electron chi connectivity index (χ2n) is 7.39. The first-order valence-corrected chi connectivity index (χ1v) is 8.71. The molecule has 22 heavy (non-hydrogen) atoms. The van der Waals surface area contributed by atoms with E-state index in [1.807, 2.05) is 0 Å². The summed E-state index contributed by atoms with van der Waals surface area (Å²) in [5.41, 5.74) is 6.84. The molecule has 110 valence electrons. The highest BCUT2D eigenvalue weighted by atomic mass is 14.7. The second-order valence-corrected chi connectivity index (χ2v) is 7.39. The van der Waals surface area contributed by atoms with E-state index in [2.05, 4.69) is 60.7 Å².